The average Bonchev–Trinajstić information content (AvgIpc) is 3.15. The van der Waals surface area contributed by atoms with E-state index in [0.29, 0.717) is 12.6 Å². The number of carbonyl (C=O) groups excluding carboxylic acids is 1. The van der Waals surface area contributed by atoms with Gasteiger partial charge in [0.2, 0.25) is 0 Å². The van der Waals surface area contributed by atoms with Crippen molar-refractivity contribution in [2.24, 2.45) is 7.05 Å². The highest BCUT2D eigenvalue weighted by Gasteiger charge is 2.30. The maximum atomic E-state index is 12.2. The van der Waals surface area contributed by atoms with Crippen molar-refractivity contribution in [3.8, 4) is 0 Å². The van der Waals surface area contributed by atoms with Crippen LogP contribution in [0.2, 0.25) is 0 Å². The summed E-state index contributed by atoms with van der Waals surface area (Å²) in [6, 6.07) is 0.618. The fourth-order valence-corrected chi connectivity index (χ4v) is 3.36. The third-order valence-corrected chi connectivity index (χ3v) is 4.56. The van der Waals surface area contributed by atoms with Gasteiger partial charge in [0.15, 0.2) is 0 Å². The monoisotopic (exact) mass is 291 g/mol. The molecule has 2 aliphatic rings. The van der Waals surface area contributed by atoms with E-state index in [1.165, 1.54) is 32.4 Å². The van der Waals surface area contributed by atoms with Crippen LogP contribution >= 0.6 is 0 Å². The predicted molar refractivity (Wildman–Crippen MR) is 80.8 cm³/mol. The van der Waals surface area contributed by atoms with Crippen LogP contribution in [0.25, 0.3) is 0 Å². The highest BCUT2D eigenvalue weighted by Crippen LogP contribution is 2.20. The van der Waals surface area contributed by atoms with E-state index in [1.807, 2.05) is 18.1 Å². The van der Waals surface area contributed by atoms with Crippen LogP contribution in [0.5, 0.6) is 0 Å². The molecule has 1 N–H and O–H groups in total. The quantitative estimate of drug-likeness (QED) is 0.910. The van der Waals surface area contributed by atoms with Crippen LogP contribution in [0.3, 0.4) is 0 Å². The van der Waals surface area contributed by atoms with Gasteiger partial charge < -0.3 is 10.2 Å². The molecule has 0 radical (unpaired) electrons. The van der Waals surface area contributed by atoms with E-state index in [9.17, 15) is 4.79 Å². The van der Waals surface area contributed by atoms with Gasteiger partial charge in [-0.2, -0.15) is 5.10 Å². The molecular weight excluding hydrogens is 266 g/mol. The van der Waals surface area contributed by atoms with E-state index >= 15 is 0 Å². The normalized spacial score (nSPS) is 23.5. The van der Waals surface area contributed by atoms with E-state index < -0.39 is 0 Å². The summed E-state index contributed by atoms with van der Waals surface area (Å²) in [5, 5.41) is 7.10. The van der Waals surface area contributed by atoms with Crippen LogP contribution in [-0.4, -0.2) is 57.8 Å². The molecule has 2 fully saturated rings. The largest absolute Gasteiger partial charge is 0.334 e. The van der Waals surface area contributed by atoms with E-state index in [1.54, 1.807) is 10.9 Å². The Kier molecular flexibility index (Phi) is 4.43. The molecule has 2 saturated heterocycles. The number of rotatable bonds is 3. The van der Waals surface area contributed by atoms with Gasteiger partial charge in [0.1, 0.15) is 0 Å². The van der Waals surface area contributed by atoms with Crippen LogP contribution < -0.4 is 5.32 Å². The number of hydrogen-bond donors (Lipinski definition) is 1. The molecule has 21 heavy (non-hydrogen) atoms. The zero-order valence-corrected chi connectivity index (χ0v) is 12.8. The minimum absolute atomic E-state index is 0.0540. The first-order valence-corrected chi connectivity index (χ1v) is 7.97. The Bertz CT molecular complexity index is 480. The number of amides is 2. The third-order valence-electron chi connectivity index (χ3n) is 4.56. The summed E-state index contributed by atoms with van der Waals surface area (Å²) in [5.74, 6) is 0. The highest BCUT2D eigenvalue weighted by atomic mass is 16.2. The lowest BCUT2D eigenvalue weighted by atomic mass is 10.1. The molecule has 0 aliphatic carbocycles. The fourth-order valence-electron chi connectivity index (χ4n) is 3.36. The second kappa shape index (κ2) is 6.47. The molecule has 0 saturated carbocycles. The zero-order valence-electron chi connectivity index (χ0n) is 12.8. The molecule has 0 spiro atoms. The van der Waals surface area contributed by atoms with Crippen molar-refractivity contribution in [1.82, 2.24) is 24.9 Å². The Balaban J connectivity index is 1.45. The van der Waals surface area contributed by atoms with Gasteiger partial charge in [-0.05, 0) is 32.4 Å². The molecule has 3 heterocycles. The molecule has 1 aromatic heterocycles. The average molecular weight is 291 g/mol. The molecule has 6 heteroatoms. The van der Waals surface area contributed by atoms with Gasteiger partial charge in [-0.25, -0.2) is 4.79 Å². The van der Waals surface area contributed by atoms with E-state index in [0.717, 1.165) is 25.1 Å². The summed E-state index contributed by atoms with van der Waals surface area (Å²) in [6.07, 6.45) is 8.81. The zero-order chi connectivity index (χ0) is 14.7. The number of urea groups is 1. The van der Waals surface area contributed by atoms with Crippen LogP contribution in [0.4, 0.5) is 4.79 Å². The molecule has 0 bridgehead atoms. The Morgan fingerprint density at radius 1 is 1.33 bits per heavy atom. The minimum atomic E-state index is 0.0540. The number of likely N-dealkylation sites (tertiary alicyclic amines) is 2. The number of hydrogen-bond acceptors (Lipinski definition) is 3. The number of nitrogens with zero attached hydrogens (tertiary/aromatic N) is 4. The Morgan fingerprint density at radius 2 is 2.14 bits per heavy atom. The van der Waals surface area contributed by atoms with E-state index in [4.69, 9.17) is 0 Å². The van der Waals surface area contributed by atoms with E-state index in [-0.39, 0.29) is 6.03 Å². The fraction of sp³-hybridized carbons (Fsp3) is 0.733. The summed E-state index contributed by atoms with van der Waals surface area (Å²) < 4.78 is 1.75. The molecular formula is C15H25N5O. The minimum Gasteiger partial charge on any atom is -0.334 e. The standard InChI is InChI=1S/C15H25N5O/c1-18-11-13(10-17-18)9-16-15(21)20-8-5-14(12-20)19-6-3-2-4-7-19/h10-11,14H,2-9,12H2,1H3,(H,16,21). The van der Waals surface area contributed by atoms with Crippen molar-refractivity contribution in [3.63, 3.8) is 0 Å². The van der Waals surface area contributed by atoms with Crippen molar-refractivity contribution in [3.05, 3.63) is 18.0 Å². The van der Waals surface area contributed by atoms with Crippen molar-refractivity contribution in [2.75, 3.05) is 26.2 Å². The van der Waals surface area contributed by atoms with Gasteiger partial charge >= 0.3 is 6.03 Å². The van der Waals surface area contributed by atoms with E-state index in [2.05, 4.69) is 15.3 Å². The Hall–Kier alpha value is -1.56. The molecule has 2 amide bonds. The van der Waals surface area contributed by atoms with Crippen LogP contribution in [0.15, 0.2) is 12.4 Å². The lowest BCUT2D eigenvalue weighted by Gasteiger charge is -2.32. The van der Waals surface area contributed by atoms with Crippen molar-refractivity contribution >= 4 is 6.03 Å². The molecule has 0 aromatic carbocycles. The van der Waals surface area contributed by atoms with Gasteiger partial charge in [0.25, 0.3) is 0 Å². The smallest absolute Gasteiger partial charge is 0.317 e. The molecule has 2 aliphatic heterocycles. The molecule has 1 atom stereocenters. The molecule has 6 nitrogen and oxygen atoms in total. The first-order chi connectivity index (χ1) is 10.2. The molecule has 3 rings (SSSR count). The maximum Gasteiger partial charge on any atom is 0.317 e. The van der Waals surface area contributed by atoms with Crippen LogP contribution in [0, 0.1) is 0 Å². The van der Waals surface area contributed by atoms with Crippen LogP contribution in [0.1, 0.15) is 31.2 Å². The topological polar surface area (TPSA) is 53.4 Å². The molecule has 1 aromatic rings. The second-order valence-corrected chi connectivity index (χ2v) is 6.17. The van der Waals surface area contributed by atoms with Gasteiger partial charge in [0.05, 0.1) is 6.20 Å². The summed E-state index contributed by atoms with van der Waals surface area (Å²) in [7, 11) is 1.88. The van der Waals surface area contributed by atoms with Crippen molar-refractivity contribution < 1.29 is 4.79 Å². The van der Waals surface area contributed by atoms with Gasteiger partial charge in [-0.15, -0.1) is 0 Å². The third kappa shape index (κ3) is 3.56. The molecule has 116 valence electrons. The summed E-state index contributed by atoms with van der Waals surface area (Å²) in [5.41, 5.74) is 1.04. The summed E-state index contributed by atoms with van der Waals surface area (Å²) in [4.78, 5) is 16.7. The highest BCUT2D eigenvalue weighted by molar-refractivity contribution is 5.74. The van der Waals surface area contributed by atoms with Crippen LogP contribution in [-0.2, 0) is 13.6 Å². The maximum absolute atomic E-state index is 12.2. The summed E-state index contributed by atoms with van der Waals surface area (Å²) >= 11 is 0. The lowest BCUT2D eigenvalue weighted by molar-refractivity contribution is 0.161. The van der Waals surface area contributed by atoms with Gasteiger partial charge in [-0.1, -0.05) is 6.42 Å². The number of piperidine rings is 1. The second-order valence-electron chi connectivity index (χ2n) is 6.17. The number of aromatic nitrogens is 2. The Morgan fingerprint density at radius 3 is 2.86 bits per heavy atom. The predicted octanol–water partition coefficient (Wildman–Crippen LogP) is 1.19. The van der Waals surface area contributed by atoms with Gasteiger partial charge in [0, 0.05) is 44.5 Å². The SMILES string of the molecule is Cn1cc(CNC(=O)N2CCC(N3CCCCC3)C2)cn1. The van der Waals surface area contributed by atoms with Gasteiger partial charge in [-0.3, -0.25) is 9.58 Å². The number of nitrogens with one attached hydrogen (secondary N) is 1. The first kappa shape index (κ1) is 14.4. The first-order valence-electron chi connectivity index (χ1n) is 7.97. The summed E-state index contributed by atoms with van der Waals surface area (Å²) in [6.45, 7) is 4.71. The van der Waals surface area contributed by atoms with Crippen molar-refractivity contribution in [1.29, 1.82) is 0 Å². The van der Waals surface area contributed by atoms with Crippen molar-refractivity contribution in [2.45, 2.75) is 38.3 Å². The lowest BCUT2D eigenvalue weighted by Crippen LogP contribution is -2.43. The number of aryl methyl sites for hydroxylation is 1. The Labute approximate surface area is 126 Å². The molecule has 1 unspecified atom stereocenters. The number of carbonyl (C=O) groups is 1.